The summed E-state index contributed by atoms with van der Waals surface area (Å²) in [5.74, 6) is -3.05. The first kappa shape index (κ1) is 12.6. The third kappa shape index (κ3) is 11.6. The minimum absolute atomic E-state index is 0.594. The Morgan fingerprint density at radius 3 is 1.77 bits per heavy atom. The SMILES string of the molecule is CC(F)(F)COCOCC(F)(F)F. The maximum Gasteiger partial charge on any atom is 0.411 e. The molecule has 0 bridgehead atoms. The Morgan fingerprint density at radius 1 is 0.923 bits per heavy atom. The molecule has 0 unspecified atom stereocenters. The maximum atomic E-state index is 12.0. The van der Waals surface area contributed by atoms with Gasteiger partial charge in [-0.25, -0.2) is 8.78 Å². The van der Waals surface area contributed by atoms with Gasteiger partial charge >= 0.3 is 6.18 Å². The molecule has 2 nitrogen and oxygen atoms in total. The van der Waals surface area contributed by atoms with Gasteiger partial charge in [0.05, 0.1) is 0 Å². The molecule has 0 aromatic heterocycles. The second-order valence-electron chi connectivity index (χ2n) is 2.50. The molecule has 0 atom stereocenters. The van der Waals surface area contributed by atoms with E-state index in [0.717, 1.165) is 0 Å². The van der Waals surface area contributed by atoms with Crippen molar-refractivity contribution < 1.29 is 31.4 Å². The predicted octanol–water partition coefficient (Wildman–Crippen LogP) is 2.19. The normalized spacial score (nSPS) is 13.4. The van der Waals surface area contributed by atoms with Crippen LogP contribution in [-0.4, -0.2) is 32.1 Å². The highest BCUT2D eigenvalue weighted by molar-refractivity contribution is 4.53. The fourth-order valence-corrected chi connectivity index (χ4v) is 0.437. The molecular weight excluding hydrogens is 199 g/mol. The van der Waals surface area contributed by atoms with E-state index in [2.05, 4.69) is 9.47 Å². The van der Waals surface area contributed by atoms with E-state index in [4.69, 9.17) is 0 Å². The van der Waals surface area contributed by atoms with Gasteiger partial charge in [0, 0.05) is 6.92 Å². The second kappa shape index (κ2) is 4.71. The molecule has 0 aliphatic rings. The van der Waals surface area contributed by atoms with Gasteiger partial charge in [-0.3, -0.25) is 0 Å². The van der Waals surface area contributed by atoms with Crippen LogP contribution in [0.1, 0.15) is 6.92 Å². The number of hydrogen-bond donors (Lipinski definition) is 0. The number of rotatable bonds is 5. The smallest absolute Gasteiger partial charge is 0.349 e. The van der Waals surface area contributed by atoms with Crippen molar-refractivity contribution in [3.8, 4) is 0 Å². The Morgan fingerprint density at radius 2 is 1.38 bits per heavy atom. The lowest BCUT2D eigenvalue weighted by Gasteiger charge is -2.11. The predicted molar refractivity (Wildman–Crippen MR) is 33.4 cm³/mol. The molecular formula is C6H9F5O2. The Hall–Kier alpha value is -0.430. The quantitative estimate of drug-likeness (QED) is 0.391. The van der Waals surface area contributed by atoms with Crippen molar-refractivity contribution >= 4 is 0 Å². The lowest BCUT2D eigenvalue weighted by atomic mass is 10.4. The van der Waals surface area contributed by atoms with Gasteiger partial charge in [-0.1, -0.05) is 0 Å². The molecule has 0 radical (unpaired) electrons. The molecule has 0 fully saturated rings. The van der Waals surface area contributed by atoms with Crippen molar-refractivity contribution in [2.45, 2.75) is 19.0 Å². The first-order valence-corrected chi connectivity index (χ1v) is 3.31. The van der Waals surface area contributed by atoms with E-state index in [-0.39, 0.29) is 0 Å². The minimum atomic E-state index is -4.46. The molecule has 0 spiro atoms. The first-order chi connectivity index (χ1) is 5.71. The molecule has 0 saturated heterocycles. The highest BCUT2D eigenvalue weighted by Crippen LogP contribution is 2.15. The molecule has 13 heavy (non-hydrogen) atoms. The van der Waals surface area contributed by atoms with E-state index < -0.39 is 32.1 Å². The summed E-state index contributed by atoms with van der Waals surface area (Å²) in [6.07, 6.45) is -4.46. The second-order valence-corrected chi connectivity index (χ2v) is 2.50. The number of hydrogen-bond acceptors (Lipinski definition) is 2. The van der Waals surface area contributed by atoms with Crippen LogP contribution in [0.3, 0.4) is 0 Å². The van der Waals surface area contributed by atoms with Crippen molar-refractivity contribution in [3.05, 3.63) is 0 Å². The third-order valence-corrected chi connectivity index (χ3v) is 0.788. The first-order valence-electron chi connectivity index (χ1n) is 3.31. The molecule has 0 aliphatic carbocycles. The van der Waals surface area contributed by atoms with Crippen LogP contribution in [-0.2, 0) is 9.47 Å². The van der Waals surface area contributed by atoms with Crippen LogP contribution >= 0.6 is 0 Å². The van der Waals surface area contributed by atoms with E-state index in [1.54, 1.807) is 0 Å². The Labute approximate surface area is 71.6 Å². The number of alkyl halides is 5. The Balaban J connectivity index is 3.28. The van der Waals surface area contributed by atoms with Gasteiger partial charge in [-0.2, -0.15) is 13.2 Å². The van der Waals surface area contributed by atoms with Crippen molar-refractivity contribution in [1.29, 1.82) is 0 Å². The van der Waals surface area contributed by atoms with Gasteiger partial charge in [0.2, 0.25) is 0 Å². The molecule has 7 heteroatoms. The summed E-state index contributed by atoms with van der Waals surface area (Å²) in [4.78, 5) is 0. The van der Waals surface area contributed by atoms with Gasteiger partial charge in [0.15, 0.2) is 0 Å². The van der Waals surface area contributed by atoms with Crippen molar-refractivity contribution in [3.63, 3.8) is 0 Å². The van der Waals surface area contributed by atoms with Crippen LogP contribution in [0.4, 0.5) is 22.0 Å². The Kier molecular flexibility index (Phi) is 4.55. The van der Waals surface area contributed by atoms with Gasteiger partial charge in [0.1, 0.15) is 20.0 Å². The highest BCUT2D eigenvalue weighted by atomic mass is 19.4. The number of ether oxygens (including phenoxy) is 2. The fourth-order valence-electron chi connectivity index (χ4n) is 0.437. The van der Waals surface area contributed by atoms with Crippen LogP contribution in [0.25, 0.3) is 0 Å². The van der Waals surface area contributed by atoms with E-state index in [9.17, 15) is 22.0 Å². The zero-order valence-corrected chi connectivity index (χ0v) is 6.83. The standard InChI is InChI=1S/C6H9F5O2/c1-5(7,8)2-12-4-13-3-6(9,10)11/h2-4H2,1H3. The molecule has 0 aromatic carbocycles. The van der Waals surface area contributed by atoms with Crippen LogP contribution in [0, 0.1) is 0 Å². The lowest BCUT2D eigenvalue weighted by Crippen LogP contribution is -2.22. The zero-order chi connectivity index (χ0) is 10.5. The molecule has 0 N–H and O–H groups in total. The average molecular weight is 208 g/mol. The van der Waals surface area contributed by atoms with Crippen LogP contribution in [0.2, 0.25) is 0 Å². The van der Waals surface area contributed by atoms with Crippen LogP contribution in [0.5, 0.6) is 0 Å². The zero-order valence-electron chi connectivity index (χ0n) is 6.83. The highest BCUT2D eigenvalue weighted by Gasteiger charge is 2.27. The Bertz CT molecular complexity index is 123. The summed E-state index contributed by atoms with van der Waals surface area (Å²) in [5.41, 5.74) is 0. The summed E-state index contributed by atoms with van der Waals surface area (Å²) in [5, 5.41) is 0. The molecule has 0 rings (SSSR count). The van der Waals surface area contributed by atoms with Crippen LogP contribution in [0.15, 0.2) is 0 Å². The van der Waals surface area contributed by atoms with Gasteiger partial charge < -0.3 is 9.47 Å². The molecule has 0 aromatic rings. The van der Waals surface area contributed by atoms with E-state index in [1.165, 1.54) is 0 Å². The summed E-state index contributed by atoms with van der Waals surface area (Å²) < 4.78 is 66.2. The summed E-state index contributed by atoms with van der Waals surface area (Å²) in [6.45, 7) is -2.65. The van der Waals surface area contributed by atoms with Gasteiger partial charge in [0.25, 0.3) is 5.92 Å². The largest absolute Gasteiger partial charge is 0.411 e. The molecule has 80 valence electrons. The van der Waals surface area contributed by atoms with Gasteiger partial charge in [-0.15, -0.1) is 0 Å². The molecule has 0 amide bonds. The monoisotopic (exact) mass is 208 g/mol. The summed E-state index contributed by atoms with van der Waals surface area (Å²) in [7, 11) is 0. The summed E-state index contributed by atoms with van der Waals surface area (Å²) in [6, 6.07) is 0. The summed E-state index contributed by atoms with van der Waals surface area (Å²) >= 11 is 0. The van der Waals surface area contributed by atoms with Crippen molar-refractivity contribution in [1.82, 2.24) is 0 Å². The topological polar surface area (TPSA) is 18.5 Å². The third-order valence-electron chi connectivity index (χ3n) is 0.788. The van der Waals surface area contributed by atoms with Crippen molar-refractivity contribution in [2.75, 3.05) is 20.0 Å². The fraction of sp³-hybridized carbons (Fsp3) is 1.00. The van der Waals surface area contributed by atoms with Crippen LogP contribution < -0.4 is 0 Å². The van der Waals surface area contributed by atoms with Gasteiger partial charge in [-0.05, 0) is 0 Å². The molecule has 0 heterocycles. The minimum Gasteiger partial charge on any atom is -0.349 e. The van der Waals surface area contributed by atoms with Crippen molar-refractivity contribution in [2.24, 2.45) is 0 Å². The molecule has 0 aliphatic heterocycles. The van der Waals surface area contributed by atoms with E-state index in [1.807, 2.05) is 0 Å². The van der Waals surface area contributed by atoms with E-state index in [0.29, 0.717) is 6.92 Å². The molecule has 0 saturated carbocycles. The average Bonchev–Trinajstić information content (AvgIpc) is 1.81. The lowest BCUT2D eigenvalue weighted by molar-refractivity contribution is -0.204. The number of halogens is 5. The maximum absolute atomic E-state index is 12.0. The van der Waals surface area contributed by atoms with E-state index >= 15 is 0 Å².